The van der Waals surface area contributed by atoms with Crippen LogP contribution >= 0.6 is 0 Å². The van der Waals surface area contributed by atoms with E-state index in [0.29, 0.717) is 44.9 Å². The van der Waals surface area contributed by atoms with Crippen molar-refractivity contribution in [3.63, 3.8) is 0 Å². The molecule has 0 atom stereocenters. The second-order valence-corrected chi connectivity index (χ2v) is 11.1. The maximum absolute atomic E-state index is 14.0. The minimum atomic E-state index is -1.17. The Morgan fingerprint density at radius 2 is 0.938 bits per heavy atom. The van der Waals surface area contributed by atoms with Crippen molar-refractivity contribution in [3.05, 3.63) is 117 Å². The molecule has 0 bridgehead atoms. The zero-order chi connectivity index (χ0) is 33.9. The quantitative estimate of drug-likeness (QED) is 0.161. The van der Waals surface area contributed by atoms with Crippen LogP contribution in [0.4, 0.5) is 0 Å². The average molecular weight is 649 g/mol. The van der Waals surface area contributed by atoms with Gasteiger partial charge in [-0.15, -0.1) is 0 Å². The van der Waals surface area contributed by atoms with Crippen LogP contribution in [0.5, 0.6) is 23.0 Å². The van der Waals surface area contributed by atoms with E-state index in [4.69, 9.17) is 27.8 Å². The first-order valence-electron chi connectivity index (χ1n) is 15.0. The molecule has 0 aliphatic carbocycles. The second kappa shape index (κ2) is 13.4. The van der Waals surface area contributed by atoms with E-state index in [-0.39, 0.29) is 57.5 Å². The normalized spacial score (nSPS) is 11.2. The highest BCUT2D eigenvalue weighted by atomic mass is 16.5. The predicted octanol–water partition coefficient (Wildman–Crippen LogP) is 6.75. The highest BCUT2D eigenvalue weighted by Gasteiger charge is 2.28. The second-order valence-electron chi connectivity index (χ2n) is 11.1. The Morgan fingerprint density at radius 3 is 1.27 bits per heavy atom. The zero-order valence-electron chi connectivity index (χ0n) is 26.7. The molecule has 0 saturated carbocycles. The Hall–Kier alpha value is -6.03. The maximum atomic E-state index is 14.0. The van der Waals surface area contributed by atoms with Crippen molar-refractivity contribution in [2.24, 2.45) is 5.92 Å². The minimum absolute atomic E-state index is 0.161. The molecule has 0 spiro atoms. The number of carbonyl (C=O) groups is 1. The van der Waals surface area contributed by atoms with E-state index in [2.05, 4.69) is 0 Å². The summed E-state index contributed by atoms with van der Waals surface area (Å²) in [7, 11) is 6.08. The molecule has 48 heavy (non-hydrogen) atoms. The van der Waals surface area contributed by atoms with Crippen molar-refractivity contribution in [2.45, 2.75) is 12.8 Å². The largest absolute Gasteiger partial charge is 0.497 e. The van der Waals surface area contributed by atoms with Crippen LogP contribution < -0.4 is 29.8 Å². The van der Waals surface area contributed by atoms with Gasteiger partial charge in [0.25, 0.3) is 0 Å². The van der Waals surface area contributed by atoms with Crippen molar-refractivity contribution in [1.82, 2.24) is 0 Å². The van der Waals surface area contributed by atoms with E-state index in [1.54, 1.807) is 84.9 Å². The van der Waals surface area contributed by atoms with Crippen LogP contribution in [0, 0.1) is 5.92 Å². The summed E-state index contributed by atoms with van der Waals surface area (Å²) >= 11 is 0. The number of benzene rings is 4. The van der Waals surface area contributed by atoms with Crippen molar-refractivity contribution < 1.29 is 37.7 Å². The lowest BCUT2D eigenvalue weighted by atomic mass is 9.90. The van der Waals surface area contributed by atoms with Crippen molar-refractivity contribution in [2.75, 3.05) is 28.4 Å². The Balaban J connectivity index is 1.52. The van der Waals surface area contributed by atoms with Crippen molar-refractivity contribution >= 4 is 27.9 Å². The molecular formula is C38H32O10. The summed E-state index contributed by atoms with van der Waals surface area (Å²) in [5.41, 5.74) is 1.36. The number of carboxylic acid groups (broad SMARTS) is 1. The number of hydrogen-bond acceptors (Lipinski definition) is 9. The Kier molecular flexibility index (Phi) is 8.89. The zero-order valence-corrected chi connectivity index (χ0v) is 26.7. The number of hydrogen-bond donors (Lipinski definition) is 1. The molecule has 2 aromatic heterocycles. The van der Waals surface area contributed by atoms with Gasteiger partial charge in [0.2, 0.25) is 10.9 Å². The highest BCUT2D eigenvalue weighted by molar-refractivity contribution is 5.86. The summed E-state index contributed by atoms with van der Waals surface area (Å²) in [4.78, 5) is 40.9. The molecule has 0 radical (unpaired) electrons. The van der Waals surface area contributed by atoms with Gasteiger partial charge in [0.05, 0.1) is 56.3 Å². The van der Waals surface area contributed by atoms with Crippen LogP contribution in [0.3, 0.4) is 0 Å². The van der Waals surface area contributed by atoms with Crippen LogP contribution in [0.15, 0.2) is 103 Å². The first-order valence-corrected chi connectivity index (χ1v) is 15.0. The van der Waals surface area contributed by atoms with Crippen LogP contribution in [0.2, 0.25) is 0 Å². The molecule has 6 aromatic rings. The number of aliphatic carboxylic acids is 1. The average Bonchev–Trinajstić information content (AvgIpc) is 3.11. The fraction of sp³-hybridized carbons (Fsp3) is 0.184. The molecule has 10 nitrogen and oxygen atoms in total. The van der Waals surface area contributed by atoms with Gasteiger partial charge in [0.1, 0.15) is 45.7 Å². The molecule has 2 heterocycles. The van der Waals surface area contributed by atoms with Gasteiger partial charge in [-0.25, -0.2) is 0 Å². The SMILES string of the molecule is COc1ccc(-c2c(CC(Cc3oc4cc(OC)ccc4c(=O)c3-c3ccc(OC)cc3)C(=O)O)oc3cc(OC)ccc3c2=O)cc1. The van der Waals surface area contributed by atoms with Gasteiger partial charge in [0, 0.05) is 25.0 Å². The van der Waals surface area contributed by atoms with Gasteiger partial charge in [-0.2, -0.15) is 0 Å². The van der Waals surface area contributed by atoms with Gasteiger partial charge in [-0.3, -0.25) is 14.4 Å². The standard InChI is InChI=1S/C38H32O10/c1-43-24-9-5-21(6-10-24)34-32(47-30-19-26(45-3)13-15-28(30)36(34)39)17-23(38(41)42)18-33-35(22-7-11-25(44-2)12-8-22)37(40)29-16-14-27(46-4)20-31(29)48-33/h5-16,19-20,23H,17-18H2,1-4H3,(H,41,42). The topological polar surface area (TPSA) is 135 Å². The third-order valence-electron chi connectivity index (χ3n) is 8.32. The molecule has 10 heteroatoms. The molecule has 0 aliphatic heterocycles. The molecule has 0 aliphatic rings. The van der Waals surface area contributed by atoms with Gasteiger partial charge >= 0.3 is 5.97 Å². The van der Waals surface area contributed by atoms with Crippen LogP contribution in [-0.4, -0.2) is 39.5 Å². The molecule has 0 unspecified atom stereocenters. The summed E-state index contributed by atoms with van der Waals surface area (Å²) < 4.78 is 33.9. The first-order chi connectivity index (χ1) is 23.2. The van der Waals surface area contributed by atoms with Crippen molar-refractivity contribution in [1.29, 1.82) is 0 Å². The fourth-order valence-electron chi connectivity index (χ4n) is 5.77. The number of ether oxygens (including phenoxy) is 4. The third-order valence-corrected chi connectivity index (χ3v) is 8.32. The van der Waals surface area contributed by atoms with Crippen molar-refractivity contribution in [3.8, 4) is 45.3 Å². The summed E-state index contributed by atoms with van der Waals surface area (Å²) in [6.45, 7) is 0. The summed E-state index contributed by atoms with van der Waals surface area (Å²) in [6.07, 6.45) is -0.387. The van der Waals surface area contributed by atoms with Gasteiger partial charge < -0.3 is 32.9 Å². The summed E-state index contributed by atoms with van der Waals surface area (Å²) in [6, 6.07) is 23.5. The van der Waals surface area contributed by atoms with E-state index >= 15 is 0 Å². The summed E-state index contributed by atoms with van der Waals surface area (Å²) in [5.74, 6) is 0.111. The number of fused-ring (bicyclic) bond motifs is 2. The minimum Gasteiger partial charge on any atom is -0.497 e. The molecule has 244 valence electrons. The van der Waals surface area contributed by atoms with E-state index in [0.717, 1.165) is 0 Å². The first kappa shape index (κ1) is 31.9. The number of carboxylic acids is 1. The van der Waals surface area contributed by atoms with E-state index in [9.17, 15) is 19.5 Å². The van der Waals surface area contributed by atoms with Gasteiger partial charge in [0.15, 0.2) is 0 Å². The van der Waals surface area contributed by atoms with Crippen LogP contribution in [0.25, 0.3) is 44.2 Å². The number of rotatable bonds is 11. The summed E-state index contributed by atoms with van der Waals surface area (Å²) in [5, 5.41) is 11.2. The predicted molar refractivity (Wildman–Crippen MR) is 181 cm³/mol. The van der Waals surface area contributed by atoms with E-state index in [1.807, 2.05) is 0 Å². The molecule has 0 saturated heterocycles. The van der Waals surface area contributed by atoms with Gasteiger partial charge in [-0.1, -0.05) is 24.3 Å². The molecule has 4 aromatic carbocycles. The third kappa shape index (κ3) is 6.07. The lowest BCUT2D eigenvalue weighted by molar-refractivity contribution is -0.141. The van der Waals surface area contributed by atoms with Gasteiger partial charge in [-0.05, 0) is 59.7 Å². The lowest BCUT2D eigenvalue weighted by Crippen LogP contribution is -2.22. The monoisotopic (exact) mass is 648 g/mol. The Morgan fingerprint density at radius 1 is 0.583 bits per heavy atom. The molecule has 1 N–H and O–H groups in total. The maximum Gasteiger partial charge on any atom is 0.307 e. The Labute approximate surface area is 274 Å². The lowest BCUT2D eigenvalue weighted by Gasteiger charge is -2.17. The number of methoxy groups -OCH3 is 4. The van der Waals surface area contributed by atoms with Crippen LogP contribution in [-0.2, 0) is 17.6 Å². The van der Waals surface area contributed by atoms with E-state index in [1.165, 1.54) is 28.4 Å². The smallest absolute Gasteiger partial charge is 0.307 e. The molecule has 0 amide bonds. The highest BCUT2D eigenvalue weighted by Crippen LogP contribution is 2.33. The van der Waals surface area contributed by atoms with Crippen LogP contribution in [0.1, 0.15) is 11.5 Å². The molecular weight excluding hydrogens is 616 g/mol. The fourth-order valence-corrected chi connectivity index (χ4v) is 5.77. The molecule has 0 fully saturated rings. The molecule has 6 rings (SSSR count). The van der Waals surface area contributed by atoms with E-state index < -0.39 is 11.9 Å². The Bertz CT molecular complexity index is 2090.